The second-order valence-electron chi connectivity index (χ2n) is 9.57. The third kappa shape index (κ3) is 7.20. The van der Waals surface area contributed by atoms with Crippen molar-refractivity contribution in [2.24, 2.45) is 5.92 Å². The summed E-state index contributed by atoms with van der Waals surface area (Å²) in [7, 11) is -3.93. The lowest BCUT2D eigenvalue weighted by Crippen LogP contribution is -2.50. The van der Waals surface area contributed by atoms with Crippen LogP contribution >= 0.6 is 0 Å². The summed E-state index contributed by atoms with van der Waals surface area (Å²) in [6, 6.07) is 15.4. The molecule has 0 aliphatic carbocycles. The molecule has 2 aromatic carbocycles. The lowest BCUT2D eigenvalue weighted by molar-refractivity contribution is -0.134. The number of ether oxygens (including phenoxy) is 1. The minimum absolute atomic E-state index is 0.130. The number of aromatic nitrogens is 1. The summed E-state index contributed by atoms with van der Waals surface area (Å²) in [5.74, 6) is 1.84. The molecule has 0 radical (unpaired) electrons. The molecule has 0 spiro atoms. The molecular weight excluding hydrogens is 488 g/mol. The number of fused-ring (bicyclic) bond motifs is 1. The number of rotatable bonds is 11. The Kier molecular flexibility index (Phi) is 9.00. The number of amides is 1. The number of carbonyl (C=O) groups excluding carboxylic acids is 1. The zero-order chi connectivity index (χ0) is 26.3. The zero-order valence-electron chi connectivity index (χ0n) is 21.5. The van der Waals surface area contributed by atoms with Crippen LogP contribution in [0.5, 0.6) is 5.75 Å². The van der Waals surface area contributed by atoms with E-state index in [0.29, 0.717) is 50.8 Å². The Morgan fingerprint density at radius 2 is 1.89 bits per heavy atom. The molecular formula is C28H36N4O4S. The molecule has 37 heavy (non-hydrogen) atoms. The van der Waals surface area contributed by atoms with Crippen LogP contribution in [0.25, 0.3) is 10.8 Å². The Morgan fingerprint density at radius 3 is 2.62 bits per heavy atom. The highest BCUT2D eigenvalue weighted by Gasteiger charge is 2.30. The van der Waals surface area contributed by atoms with Gasteiger partial charge in [-0.25, -0.2) is 13.4 Å². The Morgan fingerprint density at radius 1 is 1.11 bits per heavy atom. The van der Waals surface area contributed by atoms with Gasteiger partial charge in [-0.15, -0.1) is 0 Å². The number of hydrogen-bond acceptors (Lipinski definition) is 6. The van der Waals surface area contributed by atoms with E-state index >= 15 is 0 Å². The van der Waals surface area contributed by atoms with Gasteiger partial charge in [0.15, 0.2) is 0 Å². The Bertz CT molecular complexity index is 1290. The summed E-state index contributed by atoms with van der Waals surface area (Å²) >= 11 is 0. The van der Waals surface area contributed by atoms with Crippen LogP contribution in [0.2, 0.25) is 0 Å². The minimum Gasteiger partial charge on any atom is -0.494 e. The van der Waals surface area contributed by atoms with Crippen molar-refractivity contribution in [3.8, 4) is 5.75 Å². The maximum atomic E-state index is 13.5. The van der Waals surface area contributed by atoms with Gasteiger partial charge in [-0.2, -0.15) is 4.72 Å². The minimum atomic E-state index is -3.93. The molecule has 9 heteroatoms. The number of pyridine rings is 1. The SMILES string of the molecule is CCOc1ccc2ccc(S(=O)(=O)N[C@@H](CCCNc3ccccn3)C(=O)N3CCC(C)CC3)cc2c1. The van der Waals surface area contributed by atoms with E-state index in [9.17, 15) is 13.2 Å². The summed E-state index contributed by atoms with van der Waals surface area (Å²) in [4.78, 5) is 19.6. The quantitative estimate of drug-likeness (QED) is 0.360. The first-order valence-corrected chi connectivity index (χ1v) is 14.5. The van der Waals surface area contributed by atoms with Gasteiger partial charge in [0.25, 0.3) is 0 Å². The van der Waals surface area contributed by atoms with E-state index in [1.165, 1.54) is 0 Å². The summed E-state index contributed by atoms with van der Waals surface area (Å²) in [6.07, 6.45) is 4.56. The van der Waals surface area contributed by atoms with Gasteiger partial charge in [-0.3, -0.25) is 4.79 Å². The molecule has 4 rings (SSSR count). The van der Waals surface area contributed by atoms with Crippen molar-refractivity contribution >= 4 is 32.5 Å². The molecule has 3 aromatic rings. The van der Waals surface area contributed by atoms with Crippen molar-refractivity contribution in [1.29, 1.82) is 0 Å². The highest BCUT2D eigenvalue weighted by molar-refractivity contribution is 7.89. The first kappa shape index (κ1) is 26.9. The lowest BCUT2D eigenvalue weighted by atomic mass is 9.98. The summed E-state index contributed by atoms with van der Waals surface area (Å²) in [6.45, 7) is 6.50. The highest BCUT2D eigenvalue weighted by atomic mass is 32.2. The van der Waals surface area contributed by atoms with Crippen molar-refractivity contribution in [2.45, 2.75) is 50.5 Å². The van der Waals surface area contributed by atoms with Crippen molar-refractivity contribution < 1.29 is 17.9 Å². The summed E-state index contributed by atoms with van der Waals surface area (Å²) in [5, 5.41) is 4.91. The van der Waals surface area contributed by atoms with Crippen LogP contribution in [0.3, 0.4) is 0 Å². The number of hydrogen-bond donors (Lipinski definition) is 2. The van der Waals surface area contributed by atoms with Crippen LogP contribution < -0.4 is 14.8 Å². The van der Waals surface area contributed by atoms with E-state index in [0.717, 1.165) is 29.4 Å². The zero-order valence-corrected chi connectivity index (χ0v) is 22.3. The van der Waals surface area contributed by atoms with Gasteiger partial charge in [0.1, 0.15) is 17.6 Å². The number of sulfonamides is 1. The first-order valence-electron chi connectivity index (χ1n) is 13.0. The van der Waals surface area contributed by atoms with Crippen LogP contribution in [0.4, 0.5) is 5.82 Å². The van der Waals surface area contributed by atoms with Gasteiger partial charge in [0, 0.05) is 25.8 Å². The number of nitrogens with one attached hydrogen (secondary N) is 2. The van der Waals surface area contributed by atoms with Crippen LogP contribution in [-0.4, -0.2) is 56.5 Å². The smallest absolute Gasteiger partial charge is 0.241 e. The van der Waals surface area contributed by atoms with Gasteiger partial charge < -0.3 is 15.0 Å². The fourth-order valence-electron chi connectivity index (χ4n) is 4.55. The predicted molar refractivity (Wildman–Crippen MR) is 146 cm³/mol. The van der Waals surface area contributed by atoms with Gasteiger partial charge in [0.2, 0.25) is 15.9 Å². The van der Waals surface area contributed by atoms with E-state index in [1.807, 2.05) is 43.3 Å². The van der Waals surface area contributed by atoms with E-state index in [4.69, 9.17) is 4.74 Å². The molecule has 1 fully saturated rings. The molecule has 8 nitrogen and oxygen atoms in total. The van der Waals surface area contributed by atoms with Crippen LogP contribution in [0.1, 0.15) is 39.5 Å². The second-order valence-corrected chi connectivity index (χ2v) is 11.3. The number of likely N-dealkylation sites (tertiary alicyclic amines) is 1. The normalized spacial score (nSPS) is 15.5. The first-order chi connectivity index (χ1) is 17.9. The molecule has 1 aliphatic rings. The molecule has 1 atom stereocenters. The van der Waals surface area contributed by atoms with Crippen molar-refractivity contribution in [2.75, 3.05) is 31.6 Å². The number of anilines is 1. The second kappa shape index (κ2) is 12.4. The molecule has 198 valence electrons. The van der Waals surface area contributed by atoms with Crippen LogP contribution in [0.15, 0.2) is 65.7 Å². The Labute approximate surface area is 219 Å². The third-order valence-corrected chi connectivity index (χ3v) is 8.21. The topological polar surface area (TPSA) is 101 Å². The number of benzene rings is 2. The number of carbonyl (C=O) groups is 1. The fraction of sp³-hybridized carbons (Fsp3) is 0.429. The average molecular weight is 525 g/mol. The maximum Gasteiger partial charge on any atom is 0.241 e. The van der Waals surface area contributed by atoms with Gasteiger partial charge in [0.05, 0.1) is 11.5 Å². The summed E-state index contributed by atoms with van der Waals surface area (Å²) < 4.78 is 35.2. The van der Waals surface area contributed by atoms with Crippen molar-refractivity contribution in [1.82, 2.24) is 14.6 Å². The van der Waals surface area contributed by atoms with Gasteiger partial charge in [-0.05, 0) is 85.7 Å². The largest absolute Gasteiger partial charge is 0.494 e. The highest BCUT2D eigenvalue weighted by Crippen LogP contribution is 2.25. The predicted octanol–water partition coefficient (Wildman–Crippen LogP) is 4.43. The molecule has 1 aliphatic heterocycles. The standard InChI is InChI=1S/C28H36N4O4S/c1-3-36-24-11-9-22-10-12-25(20-23(22)19-24)37(34,35)31-26(28(33)32-17-13-21(2)14-18-32)7-6-16-30-27-8-4-5-15-29-27/h4-5,8-12,15,19-21,26,31H,3,6-7,13-14,16-18H2,1-2H3,(H,29,30)/t26-/m0/s1. The number of nitrogens with zero attached hydrogens (tertiary/aromatic N) is 2. The number of piperidine rings is 1. The molecule has 1 amide bonds. The van der Waals surface area contributed by atoms with E-state index in [1.54, 1.807) is 29.3 Å². The third-order valence-electron chi connectivity index (χ3n) is 6.74. The van der Waals surface area contributed by atoms with Crippen molar-refractivity contribution in [3.63, 3.8) is 0 Å². The van der Waals surface area contributed by atoms with Crippen LogP contribution in [0, 0.1) is 5.92 Å². The Hall–Kier alpha value is -3.17. The van der Waals surface area contributed by atoms with Gasteiger partial charge >= 0.3 is 0 Å². The average Bonchev–Trinajstić information content (AvgIpc) is 2.91. The maximum absolute atomic E-state index is 13.5. The fourth-order valence-corrected chi connectivity index (χ4v) is 5.81. The summed E-state index contributed by atoms with van der Waals surface area (Å²) in [5.41, 5.74) is 0. The van der Waals surface area contributed by atoms with E-state index < -0.39 is 16.1 Å². The lowest BCUT2D eigenvalue weighted by Gasteiger charge is -2.33. The van der Waals surface area contributed by atoms with Gasteiger partial charge in [-0.1, -0.05) is 25.1 Å². The molecule has 1 saturated heterocycles. The van der Waals surface area contributed by atoms with E-state index in [2.05, 4.69) is 21.9 Å². The molecule has 0 saturated carbocycles. The molecule has 0 bridgehead atoms. The van der Waals surface area contributed by atoms with Crippen molar-refractivity contribution in [3.05, 3.63) is 60.8 Å². The Balaban J connectivity index is 1.50. The monoisotopic (exact) mass is 524 g/mol. The van der Waals surface area contributed by atoms with E-state index in [-0.39, 0.29) is 10.8 Å². The molecule has 2 heterocycles. The molecule has 0 unspecified atom stereocenters. The molecule has 2 N–H and O–H groups in total. The molecule has 1 aromatic heterocycles. The van der Waals surface area contributed by atoms with Crippen LogP contribution in [-0.2, 0) is 14.8 Å².